The molecule has 8 heteroatoms. The van der Waals surface area contributed by atoms with Gasteiger partial charge in [0, 0.05) is 13.7 Å². The van der Waals surface area contributed by atoms with Crippen LogP contribution in [0.2, 0.25) is 0 Å². The molecule has 1 amide bonds. The van der Waals surface area contributed by atoms with Crippen LogP contribution in [0.1, 0.15) is 6.42 Å². The molecule has 0 aliphatic heterocycles. The SMILES string of the molecule is COC(CN)CC(=O)Nc1ccccc1NS(C)(=O)=O. The first-order chi connectivity index (χ1) is 9.35. The number of carbonyl (C=O) groups excluding carboxylic acids is 1. The van der Waals surface area contributed by atoms with Crippen LogP contribution in [0.4, 0.5) is 11.4 Å². The van der Waals surface area contributed by atoms with Crippen LogP contribution >= 0.6 is 0 Å². The van der Waals surface area contributed by atoms with Gasteiger partial charge < -0.3 is 15.8 Å². The molecule has 0 spiro atoms. The Kier molecular flexibility index (Phi) is 5.93. The Labute approximate surface area is 118 Å². The van der Waals surface area contributed by atoms with Crippen molar-refractivity contribution in [3.8, 4) is 0 Å². The topological polar surface area (TPSA) is 111 Å². The van der Waals surface area contributed by atoms with Crippen molar-refractivity contribution in [2.75, 3.05) is 29.9 Å². The summed E-state index contributed by atoms with van der Waals surface area (Å²) in [7, 11) is -1.94. The smallest absolute Gasteiger partial charge is 0.229 e. The van der Waals surface area contributed by atoms with Gasteiger partial charge in [-0.05, 0) is 12.1 Å². The molecule has 1 atom stereocenters. The molecule has 1 aromatic rings. The second-order valence-electron chi connectivity index (χ2n) is 4.27. The van der Waals surface area contributed by atoms with E-state index in [2.05, 4.69) is 10.0 Å². The van der Waals surface area contributed by atoms with E-state index in [0.29, 0.717) is 11.4 Å². The van der Waals surface area contributed by atoms with Gasteiger partial charge in [-0.3, -0.25) is 9.52 Å². The normalized spacial score (nSPS) is 12.8. The van der Waals surface area contributed by atoms with E-state index in [0.717, 1.165) is 6.26 Å². The number of benzene rings is 1. The average Bonchev–Trinajstić information content (AvgIpc) is 2.36. The second kappa shape index (κ2) is 7.22. The number of anilines is 2. The lowest BCUT2D eigenvalue weighted by Crippen LogP contribution is -2.28. The Balaban J connectivity index is 2.79. The van der Waals surface area contributed by atoms with E-state index in [4.69, 9.17) is 10.5 Å². The predicted octanol–water partition coefficient (Wildman–Crippen LogP) is 0.360. The van der Waals surface area contributed by atoms with Crippen LogP contribution in [-0.2, 0) is 19.6 Å². The van der Waals surface area contributed by atoms with Gasteiger partial charge in [-0.1, -0.05) is 12.1 Å². The third-order valence-electron chi connectivity index (χ3n) is 2.51. The summed E-state index contributed by atoms with van der Waals surface area (Å²) in [4.78, 5) is 11.8. The van der Waals surface area contributed by atoms with Gasteiger partial charge in [0.25, 0.3) is 0 Å². The molecular weight excluding hydrogens is 282 g/mol. The lowest BCUT2D eigenvalue weighted by molar-refractivity contribution is -0.118. The molecule has 0 saturated carbocycles. The molecule has 0 aliphatic rings. The van der Waals surface area contributed by atoms with E-state index in [1.54, 1.807) is 24.3 Å². The fourth-order valence-corrected chi connectivity index (χ4v) is 2.13. The Morgan fingerprint density at radius 1 is 1.35 bits per heavy atom. The lowest BCUT2D eigenvalue weighted by Gasteiger charge is -2.15. The number of carbonyl (C=O) groups is 1. The van der Waals surface area contributed by atoms with Gasteiger partial charge in [0.1, 0.15) is 0 Å². The van der Waals surface area contributed by atoms with Crippen molar-refractivity contribution in [2.24, 2.45) is 5.73 Å². The number of nitrogens with one attached hydrogen (secondary N) is 2. The second-order valence-corrected chi connectivity index (χ2v) is 6.01. The van der Waals surface area contributed by atoms with Crippen molar-refractivity contribution in [2.45, 2.75) is 12.5 Å². The summed E-state index contributed by atoms with van der Waals surface area (Å²) in [5.74, 6) is -0.301. The summed E-state index contributed by atoms with van der Waals surface area (Å²) in [5.41, 5.74) is 6.14. The Bertz CT molecular complexity index is 556. The number of methoxy groups -OCH3 is 1. The number of sulfonamides is 1. The van der Waals surface area contributed by atoms with Crippen molar-refractivity contribution < 1.29 is 17.9 Å². The summed E-state index contributed by atoms with van der Waals surface area (Å²) >= 11 is 0. The molecule has 0 fully saturated rings. The Morgan fingerprint density at radius 2 is 1.95 bits per heavy atom. The Hall–Kier alpha value is -1.64. The first-order valence-electron chi connectivity index (χ1n) is 5.95. The van der Waals surface area contributed by atoms with Crippen LogP contribution in [0, 0.1) is 0 Å². The molecule has 0 radical (unpaired) electrons. The summed E-state index contributed by atoms with van der Waals surface area (Å²) in [5, 5.41) is 2.63. The van der Waals surface area contributed by atoms with Crippen LogP contribution in [0.3, 0.4) is 0 Å². The van der Waals surface area contributed by atoms with Crippen LogP contribution in [0.5, 0.6) is 0 Å². The number of hydrogen-bond acceptors (Lipinski definition) is 5. The molecule has 20 heavy (non-hydrogen) atoms. The minimum Gasteiger partial charge on any atom is -0.380 e. The highest BCUT2D eigenvalue weighted by atomic mass is 32.2. The number of nitrogens with two attached hydrogens (primary N) is 1. The maximum atomic E-state index is 11.8. The van der Waals surface area contributed by atoms with Crippen molar-refractivity contribution in [1.29, 1.82) is 0 Å². The van der Waals surface area contributed by atoms with Gasteiger partial charge in [0.2, 0.25) is 15.9 Å². The zero-order chi connectivity index (χ0) is 15.2. The number of rotatable bonds is 7. The van der Waals surface area contributed by atoms with Gasteiger partial charge in [-0.2, -0.15) is 0 Å². The van der Waals surface area contributed by atoms with Gasteiger partial charge >= 0.3 is 0 Å². The molecule has 7 nitrogen and oxygen atoms in total. The van der Waals surface area contributed by atoms with E-state index in [1.165, 1.54) is 7.11 Å². The van der Waals surface area contributed by atoms with Crippen molar-refractivity contribution >= 4 is 27.3 Å². The Morgan fingerprint density at radius 3 is 2.45 bits per heavy atom. The average molecular weight is 301 g/mol. The maximum absolute atomic E-state index is 11.8. The van der Waals surface area contributed by atoms with Crippen molar-refractivity contribution in [3.05, 3.63) is 24.3 Å². The quantitative estimate of drug-likeness (QED) is 0.673. The zero-order valence-corrected chi connectivity index (χ0v) is 12.2. The number of para-hydroxylation sites is 2. The highest BCUT2D eigenvalue weighted by Crippen LogP contribution is 2.22. The van der Waals surface area contributed by atoms with Crippen LogP contribution in [0.25, 0.3) is 0 Å². The predicted molar refractivity (Wildman–Crippen MR) is 78.0 cm³/mol. The summed E-state index contributed by atoms with van der Waals surface area (Å²) < 4.78 is 29.9. The highest BCUT2D eigenvalue weighted by Gasteiger charge is 2.14. The first-order valence-corrected chi connectivity index (χ1v) is 7.84. The molecule has 1 aromatic carbocycles. The standard InChI is InChI=1S/C12H19N3O4S/c1-19-9(8-13)7-12(16)14-10-5-3-4-6-11(10)15-20(2,17)18/h3-6,9,15H,7-8,13H2,1-2H3,(H,14,16). The molecule has 0 aromatic heterocycles. The molecule has 1 unspecified atom stereocenters. The maximum Gasteiger partial charge on any atom is 0.229 e. The number of ether oxygens (including phenoxy) is 1. The van der Waals surface area contributed by atoms with Gasteiger partial charge in [-0.25, -0.2) is 8.42 Å². The lowest BCUT2D eigenvalue weighted by atomic mass is 10.2. The minimum absolute atomic E-state index is 0.0974. The van der Waals surface area contributed by atoms with Gasteiger partial charge in [0.15, 0.2) is 0 Å². The molecule has 112 valence electrons. The van der Waals surface area contributed by atoms with Gasteiger partial charge in [-0.15, -0.1) is 0 Å². The fourth-order valence-electron chi connectivity index (χ4n) is 1.55. The molecule has 0 heterocycles. The highest BCUT2D eigenvalue weighted by molar-refractivity contribution is 7.92. The van der Waals surface area contributed by atoms with Crippen molar-refractivity contribution in [1.82, 2.24) is 0 Å². The molecule has 4 N–H and O–H groups in total. The monoisotopic (exact) mass is 301 g/mol. The summed E-state index contributed by atoms with van der Waals surface area (Å²) in [6, 6.07) is 6.53. The van der Waals surface area contributed by atoms with E-state index in [1.807, 2.05) is 0 Å². The molecule has 0 saturated heterocycles. The largest absolute Gasteiger partial charge is 0.380 e. The molecule has 0 aliphatic carbocycles. The third kappa shape index (κ3) is 5.55. The first kappa shape index (κ1) is 16.4. The zero-order valence-electron chi connectivity index (χ0n) is 11.4. The van der Waals surface area contributed by atoms with Gasteiger partial charge in [0.05, 0.1) is 30.2 Å². The van der Waals surface area contributed by atoms with E-state index in [9.17, 15) is 13.2 Å². The van der Waals surface area contributed by atoms with Crippen molar-refractivity contribution in [3.63, 3.8) is 0 Å². The van der Waals surface area contributed by atoms with Crippen LogP contribution < -0.4 is 15.8 Å². The van der Waals surface area contributed by atoms with Crippen LogP contribution in [-0.4, -0.2) is 40.3 Å². The number of hydrogen-bond donors (Lipinski definition) is 3. The summed E-state index contributed by atoms with van der Waals surface area (Å²) in [6.07, 6.45) is 0.770. The molecular formula is C12H19N3O4S. The van der Waals surface area contributed by atoms with E-state index < -0.39 is 10.0 Å². The van der Waals surface area contributed by atoms with E-state index in [-0.39, 0.29) is 25.0 Å². The molecule has 1 rings (SSSR count). The molecule has 0 bridgehead atoms. The summed E-state index contributed by atoms with van der Waals surface area (Å²) in [6.45, 7) is 0.229. The van der Waals surface area contributed by atoms with E-state index >= 15 is 0 Å². The minimum atomic E-state index is -3.41. The third-order valence-corrected chi connectivity index (χ3v) is 3.10. The van der Waals surface area contributed by atoms with Crippen LogP contribution in [0.15, 0.2) is 24.3 Å². The fraction of sp³-hybridized carbons (Fsp3) is 0.417. The number of amides is 1.